The SMILES string of the molecule is Cc1c(-c2c(C(=O)Nc3ccc(O)cc3)c(C)n(C)c2-c2cc3c(cc2C(=O)N2Cc4ccccc4C[C@H]2CN2CCCCC2)CN(C(=O)Cc2cc(F)c(OCCN4CCOCC4)cc2F)CC3)cc(C#N)n1C. The second kappa shape index (κ2) is 21.9. The van der Waals surface area contributed by atoms with Gasteiger partial charge in [-0.2, -0.15) is 5.26 Å². The molecule has 1 atom stereocenters. The number of hydrogen-bond acceptors (Lipinski definition) is 9. The van der Waals surface area contributed by atoms with Gasteiger partial charge >= 0.3 is 0 Å². The summed E-state index contributed by atoms with van der Waals surface area (Å²) in [5.74, 6) is -2.62. The summed E-state index contributed by atoms with van der Waals surface area (Å²) in [6.07, 6.45) is 4.09. The standard InChI is InChI=1S/C59H64F2N8O6/c1-37-48(31-45(33-62)64(37)3)56-55(58(72)63-44-12-14-47(70)15-13-44)38(2)65(4)57(56)49-27-40-16-19-68(54(71)30-42-29-52(61)53(32-51(42)60)75-25-22-66-20-23-74-24-21-66)34-43(40)28-50(49)59(73)69-35-41-11-7-6-10-39(41)26-46(69)36-67-17-8-5-9-18-67/h6-7,10-15,27-29,31-32,46,70H,5,8-9,16-26,30,34-36H2,1-4H3,(H,63,72)/t46-/m0/s1. The summed E-state index contributed by atoms with van der Waals surface area (Å²) in [4.78, 5) is 53.2. The first-order chi connectivity index (χ1) is 36.3. The van der Waals surface area contributed by atoms with Crippen molar-refractivity contribution < 1.29 is 37.7 Å². The van der Waals surface area contributed by atoms with Gasteiger partial charge in [-0.05, 0) is 123 Å². The third kappa shape index (κ3) is 10.5. The normalized spacial score (nSPS) is 17.1. The number of morpholine rings is 1. The predicted molar refractivity (Wildman–Crippen MR) is 282 cm³/mol. The fourth-order valence-corrected chi connectivity index (χ4v) is 11.4. The van der Waals surface area contributed by atoms with E-state index < -0.39 is 17.5 Å². The largest absolute Gasteiger partial charge is 0.508 e. The van der Waals surface area contributed by atoms with Crippen molar-refractivity contribution in [3.05, 3.63) is 147 Å². The molecule has 0 spiro atoms. The Kier molecular flexibility index (Phi) is 14.9. The molecule has 75 heavy (non-hydrogen) atoms. The molecular weight excluding hydrogens is 955 g/mol. The first-order valence-corrected chi connectivity index (χ1v) is 26.1. The Morgan fingerprint density at radius 2 is 1.55 bits per heavy atom. The van der Waals surface area contributed by atoms with Crippen molar-refractivity contribution in [1.82, 2.24) is 28.7 Å². The summed E-state index contributed by atoms with van der Waals surface area (Å²) >= 11 is 0. The number of anilines is 1. The molecule has 3 amide bonds. The lowest BCUT2D eigenvalue weighted by Gasteiger charge is -2.41. The van der Waals surface area contributed by atoms with Crippen molar-refractivity contribution in [3.8, 4) is 40.0 Å². The zero-order valence-electron chi connectivity index (χ0n) is 43.2. The minimum Gasteiger partial charge on any atom is -0.508 e. The maximum Gasteiger partial charge on any atom is 0.258 e. The maximum absolute atomic E-state index is 16.0. The fraction of sp³-hybridized carbons (Fsp3) is 0.390. The van der Waals surface area contributed by atoms with E-state index in [1.807, 2.05) is 61.7 Å². The van der Waals surface area contributed by atoms with Gasteiger partial charge in [0.05, 0.1) is 30.9 Å². The van der Waals surface area contributed by atoms with Crippen molar-refractivity contribution in [2.75, 3.05) is 71.0 Å². The van der Waals surface area contributed by atoms with Gasteiger partial charge in [0, 0.05) is 117 Å². The lowest BCUT2D eigenvalue weighted by Crippen LogP contribution is -2.51. The molecule has 2 N–H and O–H groups in total. The molecule has 0 saturated carbocycles. The first kappa shape index (κ1) is 51.2. The predicted octanol–water partition coefficient (Wildman–Crippen LogP) is 8.31. The first-order valence-electron chi connectivity index (χ1n) is 26.1. The Balaban J connectivity index is 1.05. The number of benzene rings is 4. The van der Waals surface area contributed by atoms with Crippen LogP contribution in [0.2, 0.25) is 0 Å². The number of halogens is 2. The number of aromatic hydroxyl groups is 1. The molecule has 6 heterocycles. The molecule has 6 aromatic rings. The molecule has 4 aliphatic rings. The monoisotopic (exact) mass is 1020 g/mol. The summed E-state index contributed by atoms with van der Waals surface area (Å²) < 4.78 is 45.9. The van der Waals surface area contributed by atoms with Crippen molar-refractivity contribution in [3.63, 3.8) is 0 Å². The van der Waals surface area contributed by atoms with E-state index in [2.05, 4.69) is 33.3 Å². The van der Waals surface area contributed by atoms with E-state index in [0.29, 0.717) is 96.3 Å². The van der Waals surface area contributed by atoms with Crippen LogP contribution in [0, 0.1) is 36.8 Å². The second-order valence-electron chi connectivity index (χ2n) is 20.4. The molecule has 14 nitrogen and oxygen atoms in total. The number of nitrogens with zero attached hydrogens (tertiary/aromatic N) is 7. The van der Waals surface area contributed by atoms with Gasteiger partial charge < -0.3 is 43.7 Å². The zero-order chi connectivity index (χ0) is 52.5. The summed E-state index contributed by atoms with van der Waals surface area (Å²) in [6, 6.07) is 24.4. The summed E-state index contributed by atoms with van der Waals surface area (Å²) in [5.41, 5.74) is 9.27. The van der Waals surface area contributed by atoms with E-state index in [9.17, 15) is 20.0 Å². The number of nitriles is 1. The molecule has 2 saturated heterocycles. The van der Waals surface area contributed by atoms with Crippen molar-refractivity contribution in [2.24, 2.45) is 14.1 Å². The number of amides is 3. The van der Waals surface area contributed by atoms with E-state index in [-0.39, 0.29) is 61.0 Å². The smallest absolute Gasteiger partial charge is 0.258 e. The van der Waals surface area contributed by atoms with Crippen LogP contribution in [0.25, 0.3) is 22.4 Å². The lowest BCUT2D eigenvalue weighted by atomic mass is 9.87. The molecule has 2 fully saturated rings. The molecule has 390 valence electrons. The summed E-state index contributed by atoms with van der Waals surface area (Å²) in [7, 11) is 3.69. The Hall–Kier alpha value is -7.32. The molecule has 0 unspecified atom stereocenters. The molecule has 0 bridgehead atoms. The van der Waals surface area contributed by atoms with Crippen LogP contribution in [-0.4, -0.2) is 123 Å². The number of hydrogen-bond donors (Lipinski definition) is 2. The highest BCUT2D eigenvalue weighted by atomic mass is 19.1. The highest BCUT2D eigenvalue weighted by Crippen LogP contribution is 2.44. The highest BCUT2D eigenvalue weighted by molar-refractivity contribution is 6.14. The van der Waals surface area contributed by atoms with Gasteiger partial charge in [-0.3, -0.25) is 19.3 Å². The van der Waals surface area contributed by atoms with E-state index >= 15 is 13.6 Å². The molecule has 4 aromatic carbocycles. The third-order valence-electron chi connectivity index (χ3n) is 15.9. The van der Waals surface area contributed by atoms with Crippen molar-refractivity contribution in [2.45, 2.75) is 71.5 Å². The molecule has 2 aromatic heterocycles. The van der Waals surface area contributed by atoms with Gasteiger partial charge in [0.2, 0.25) is 5.91 Å². The van der Waals surface area contributed by atoms with E-state index in [1.165, 1.54) is 24.1 Å². The van der Waals surface area contributed by atoms with Crippen LogP contribution < -0.4 is 10.1 Å². The Bertz CT molecular complexity index is 3200. The number of aromatic nitrogens is 2. The maximum atomic E-state index is 16.0. The van der Waals surface area contributed by atoms with E-state index in [4.69, 9.17) is 9.47 Å². The van der Waals surface area contributed by atoms with Crippen LogP contribution in [0.15, 0.2) is 78.9 Å². The minimum absolute atomic E-state index is 0.0547. The van der Waals surface area contributed by atoms with Crippen LogP contribution in [0.1, 0.15) is 84.9 Å². The van der Waals surface area contributed by atoms with Gasteiger partial charge in [-0.15, -0.1) is 0 Å². The molecule has 10 rings (SSSR count). The topological polar surface area (TPSA) is 149 Å². The van der Waals surface area contributed by atoms with Gasteiger partial charge in [0.1, 0.15) is 29.9 Å². The second-order valence-corrected chi connectivity index (χ2v) is 20.4. The average Bonchev–Trinajstić information content (AvgIpc) is 3.85. The molecular formula is C59H64F2N8O6. The van der Waals surface area contributed by atoms with Gasteiger partial charge in [0.15, 0.2) is 11.6 Å². The number of fused-ring (bicyclic) bond motifs is 2. The number of likely N-dealkylation sites (tertiary alicyclic amines) is 1. The quantitative estimate of drug-likeness (QED) is 0.109. The number of ether oxygens (including phenoxy) is 2. The Labute approximate surface area is 436 Å². The number of rotatable bonds is 13. The number of nitrogens with one attached hydrogen (secondary N) is 1. The Morgan fingerprint density at radius 1 is 0.800 bits per heavy atom. The number of phenolic OH excluding ortho intramolecular Hbond substituents is 1. The average molecular weight is 1020 g/mol. The number of carbonyl (C=O) groups excluding carboxylic acids is 3. The van der Waals surface area contributed by atoms with Crippen LogP contribution in [0.3, 0.4) is 0 Å². The summed E-state index contributed by atoms with van der Waals surface area (Å²) in [5, 5.41) is 23.4. The highest BCUT2D eigenvalue weighted by Gasteiger charge is 2.37. The zero-order valence-corrected chi connectivity index (χ0v) is 43.2. The molecule has 0 radical (unpaired) electrons. The van der Waals surface area contributed by atoms with Crippen LogP contribution in [0.5, 0.6) is 11.5 Å². The minimum atomic E-state index is -0.745. The van der Waals surface area contributed by atoms with Gasteiger partial charge in [0.25, 0.3) is 11.8 Å². The third-order valence-corrected chi connectivity index (χ3v) is 15.9. The van der Waals surface area contributed by atoms with Crippen LogP contribution in [0.4, 0.5) is 14.5 Å². The van der Waals surface area contributed by atoms with E-state index in [0.717, 1.165) is 73.5 Å². The number of carbonyl (C=O) groups is 3. The molecule has 16 heteroatoms. The van der Waals surface area contributed by atoms with Crippen molar-refractivity contribution in [1.29, 1.82) is 5.26 Å². The van der Waals surface area contributed by atoms with Crippen LogP contribution >= 0.6 is 0 Å². The number of piperidine rings is 1. The fourth-order valence-electron chi connectivity index (χ4n) is 11.4. The summed E-state index contributed by atoms with van der Waals surface area (Å²) in [6.45, 7) is 10.6. The Morgan fingerprint density at radius 3 is 2.28 bits per heavy atom. The van der Waals surface area contributed by atoms with Gasteiger partial charge in [-0.1, -0.05) is 30.7 Å². The van der Waals surface area contributed by atoms with Gasteiger partial charge in [-0.25, -0.2) is 8.78 Å². The van der Waals surface area contributed by atoms with Crippen LogP contribution in [-0.2, 0) is 56.0 Å². The molecule has 0 aliphatic carbocycles. The molecule has 4 aliphatic heterocycles. The van der Waals surface area contributed by atoms with Crippen molar-refractivity contribution >= 4 is 23.4 Å². The lowest BCUT2D eigenvalue weighted by molar-refractivity contribution is -0.131. The van der Waals surface area contributed by atoms with E-state index in [1.54, 1.807) is 27.7 Å². The number of phenols is 1.